The lowest BCUT2D eigenvalue weighted by atomic mass is 9.75. The van der Waals surface area contributed by atoms with Crippen molar-refractivity contribution in [3.63, 3.8) is 0 Å². The molecule has 0 radical (unpaired) electrons. The lowest BCUT2D eigenvalue weighted by Gasteiger charge is -2.42. The molecule has 0 aliphatic heterocycles. The van der Waals surface area contributed by atoms with Crippen LogP contribution in [0.1, 0.15) is 61.4 Å². The minimum atomic E-state index is -0.444. The topological polar surface area (TPSA) is 60.7 Å². The predicted octanol–water partition coefficient (Wildman–Crippen LogP) is 3.07. The molecule has 0 aromatic carbocycles. The molecule has 1 aliphatic rings. The first-order valence-electron chi connectivity index (χ1n) is 7.60. The highest BCUT2D eigenvalue weighted by atomic mass is 16.5. The van der Waals surface area contributed by atoms with Crippen LogP contribution >= 0.6 is 0 Å². The lowest BCUT2D eigenvalue weighted by molar-refractivity contribution is -0.0849. The maximum absolute atomic E-state index is 11.5. The van der Waals surface area contributed by atoms with E-state index in [2.05, 4.69) is 17.0 Å². The number of rotatable bonds is 8. The van der Waals surface area contributed by atoms with E-state index in [0.717, 1.165) is 38.0 Å². The molecule has 0 bridgehead atoms. The second-order valence-electron chi connectivity index (χ2n) is 5.65. The van der Waals surface area contributed by atoms with Crippen molar-refractivity contribution in [2.24, 2.45) is 0 Å². The lowest BCUT2D eigenvalue weighted by Crippen LogP contribution is -2.42. The number of carbonyl (C=O) groups excluding carboxylic acids is 1. The van der Waals surface area contributed by atoms with Gasteiger partial charge in [-0.2, -0.15) is 0 Å². The van der Waals surface area contributed by atoms with Gasteiger partial charge in [0.05, 0.1) is 18.8 Å². The van der Waals surface area contributed by atoms with Crippen LogP contribution in [0.3, 0.4) is 0 Å². The van der Waals surface area contributed by atoms with Crippen LogP contribution in [0.25, 0.3) is 0 Å². The Hall–Kier alpha value is -1.33. The molecule has 0 amide bonds. The molecular formula is C16H25NO4. The molecule has 5 nitrogen and oxygen atoms in total. The van der Waals surface area contributed by atoms with Gasteiger partial charge in [-0.3, -0.25) is 0 Å². The number of methoxy groups -OCH3 is 2. The van der Waals surface area contributed by atoms with Crippen molar-refractivity contribution in [1.82, 2.24) is 5.32 Å². The first-order valence-corrected chi connectivity index (χ1v) is 7.60. The molecule has 1 saturated carbocycles. The summed E-state index contributed by atoms with van der Waals surface area (Å²) >= 11 is 0. The van der Waals surface area contributed by atoms with Gasteiger partial charge >= 0.3 is 5.97 Å². The van der Waals surface area contributed by atoms with Gasteiger partial charge in [-0.1, -0.05) is 6.92 Å². The third-order valence-electron chi connectivity index (χ3n) is 4.27. The van der Waals surface area contributed by atoms with Gasteiger partial charge in [-0.15, -0.1) is 0 Å². The second-order valence-corrected chi connectivity index (χ2v) is 5.65. The van der Waals surface area contributed by atoms with E-state index >= 15 is 0 Å². The minimum absolute atomic E-state index is 0.0520. The number of hydrogen-bond donors (Lipinski definition) is 1. The summed E-state index contributed by atoms with van der Waals surface area (Å²) in [6.07, 6.45) is 5.27. The SMILES string of the molecule is CCCNC(CC1(OC)CCC1)c1ccc(C(=O)OC)o1. The highest BCUT2D eigenvalue weighted by molar-refractivity contribution is 5.86. The first kappa shape index (κ1) is 16.0. The zero-order valence-electron chi connectivity index (χ0n) is 13.1. The molecule has 1 heterocycles. The number of carbonyl (C=O) groups is 1. The molecule has 1 aliphatic carbocycles. The maximum atomic E-state index is 11.5. The van der Waals surface area contributed by atoms with Crippen molar-refractivity contribution < 1.29 is 18.7 Å². The summed E-state index contributed by atoms with van der Waals surface area (Å²) in [6.45, 7) is 3.03. The smallest absolute Gasteiger partial charge is 0.373 e. The second kappa shape index (κ2) is 7.09. The van der Waals surface area contributed by atoms with Crippen molar-refractivity contribution in [2.45, 2.75) is 50.7 Å². The molecule has 1 aromatic rings. The summed E-state index contributed by atoms with van der Waals surface area (Å²) in [7, 11) is 3.13. The summed E-state index contributed by atoms with van der Waals surface area (Å²) in [5.41, 5.74) is -0.0520. The van der Waals surface area contributed by atoms with Gasteiger partial charge in [-0.05, 0) is 50.8 Å². The average Bonchev–Trinajstić information content (AvgIpc) is 2.95. The van der Waals surface area contributed by atoms with Crippen LogP contribution in [0.4, 0.5) is 0 Å². The zero-order chi connectivity index (χ0) is 15.3. The summed E-state index contributed by atoms with van der Waals surface area (Å²) in [5.74, 6) is 0.573. The Morgan fingerprint density at radius 2 is 2.19 bits per heavy atom. The van der Waals surface area contributed by atoms with Gasteiger partial charge < -0.3 is 19.2 Å². The maximum Gasteiger partial charge on any atom is 0.373 e. The van der Waals surface area contributed by atoms with Gasteiger partial charge in [-0.25, -0.2) is 4.79 Å². The molecule has 21 heavy (non-hydrogen) atoms. The fourth-order valence-electron chi connectivity index (χ4n) is 2.78. The molecule has 1 atom stereocenters. The molecule has 1 N–H and O–H groups in total. The highest BCUT2D eigenvalue weighted by Crippen LogP contribution is 2.42. The molecule has 2 rings (SSSR count). The van der Waals surface area contributed by atoms with E-state index in [4.69, 9.17) is 9.15 Å². The van der Waals surface area contributed by atoms with E-state index in [1.165, 1.54) is 13.5 Å². The Morgan fingerprint density at radius 1 is 1.43 bits per heavy atom. The van der Waals surface area contributed by atoms with Crippen LogP contribution in [-0.2, 0) is 9.47 Å². The summed E-state index contributed by atoms with van der Waals surface area (Å²) in [5, 5.41) is 3.49. The van der Waals surface area contributed by atoms with Gasteiger partial charge in [0.1, 0.15) is 5.76 Å². The molecule has 0 spiro atoms. The molecule has 1 unspecified atom stereocenters. The van der Waals surface area contributed by atoms with Gasteiger partial charge in [0.2, 0.25) is 5.76 Å². The normalized spacial score (nSPS) is 18.0. The number of ether oxygens (including phenoxy) is 2. The number of furan rings is 1. The number of nitrogens with one attached hydrogen (secondary N) is 1. The summed E-state index contributed by atoms with van der Waals surface area (Å²) in [4.78, 5) is 11.5. The van der Waals surface area contributed by atoms with Crippen LogP contribution in [-0.4, -0.2) is 32.3 Å². The van der Waals surface area contributed by atoms with Gasteiger partial charge in [0, 0.05) is 7.11 Å². The summed E-state index contributed by atoms with van der Waals surface area (Å²) < 4.78 is 16.1. The van der Waals surface area contributed by atoms with Crippen LogP contribution in [0.15, 0.2) is 16.5 Å². The van der Waals surface area contributed by atoms with Gasteiger partial charge in [0.15, 0.2) is 0 Å². The fraction of sp³-hybridized carbons (Fsp3) is 0.688. The third-order valence-corrected chi connectivity index (χ3v) is 4.27. The van der Waals surface area contributed by atoms with E-state index in [1.54, 1.807) is 13.2 Å². The first-order chi connectivity index (χ1) is 10.1. The van der Waals surface area contributed by atoms with Crippen molar-refractivity contribution in [3.05, 3.63) is 23.7 Å². The Morgan fingerprint density at radius 3 is 2.71 bits per heavy atom. The quantitative estimate of drug-likeness (QED) is 0.747. The van der Waals surface area contributed by atoms with E-state index < -0.39 is 5.97 Å². The van der Waals surface area contributed by atoms with E-state index in [1.807, 2.05) is 6.07 Å². The third kappa shape index (κ3) is 3.66. The number of esters is 1. The molecular weight excluding hydrogens is 270 g/mol. The predicted molar refractivity (Wildman–Crippen MR) is 79.3 cm³/mol. The summed E-state index contributed by atoms with van der Waals surface area (Å²) in [6, 6.07) is 3.58. The standard InChI is InChI=1S/C16H25NO4/c1-4-10-17-12(11-16(20-3)8-5-9-16)13-6-7-14(21-13)15(18)19-2/h6-7,12,17H,4-5,8-11H2,1-3H3. The van der Waals surface area contributed by atoms with Crippen LogP contribution in [0, 0.1) is 0 Å². The number of hydrogen-bond acceptors (Lipinski definition) is 5. The van der Waals surface area contributed by atoms with E-state index in [-0.39, 0.29) is 17.4 Å². The van der Waals surface area contributed by atoms with Crippen LogP contribution in [0.5, 0.6) is 0 Å². The minimum Gasteiger partial charge on any atom is -0.463 e. The van der Waals surface area contributed by atoms with Crippen LogP contribution < -0.4 is 5.32 Å². The Labute approximate surface area is 126 Å². The Bertz CT molecular complexity index is 459. The van der Waals surface area contributed by atoms with Crippen LogP contribution in [0.2, 0.25) is 0 Å². The molecule has 5 heteroatoms. The van der Waals surface area contributed by atoms with E-state index in [9.17, 15) is 4.79 Å². The van der Waals surface area contributed by atoms with Crippen molar-refractivity contribution >= 4 is 5.97 Å². The highest BCUT2D eigenvalue weighted by Gasteiger charge is 2.40. The largest absolute Gasteiger partial charge is 0.463 e. The Balaban J connectivity index is 2.11. The fourth-order valence-corrected chi connectivity index (χ4v) is 2.78. The average molecular weight is 295 g/mol. The van der Waals surface area contributed by atoms with Gasteiger partial charge in [0.25, 0.3) is 0 Å². The molecule has 1 aromatic heterocycles. The molecule has 118 valence electrons. The van der Waals surface area contributed by atoms with E-state index in [0.29, 0.717) is 0 Å². The van der Waals surface area contributed by atoms with Crippen molar-refractivity contribution in [2.75, 3.05) is 20.8 Å². The zero-order valence-corrected chi connectivity index (χ0v) is 13.1. The molecule has 1 fully saturated rings. The monoisotopic (exact) mass is 295 g/mol. The van der Waals surface area contributed by atoms with Crippen molar-refractivity contribution in [1.29, 1.82) is 0 Å². The Kier molecular flexibility index (Phi) is 5.42. The van der Waals surface area contributed by atoms with Crippen molar-refractivity contribution in [3.8, 4) is 0 Å². The molecule has 0 saturated heterocycles.